The molecule has 0 N–H and O–H groups in total. The number of benzene rings is 3. The number of nitrogens with zero attached hydrogens (tertiary/aromatic N) is 2. The fraction of sp³-hybridized carbons (Fsp3) is 0.286. The first-order chi connectivity index (χ1) is 22.3. The van der Waals surface area contributed by atoms with Gasteiger partial charge < -0.3 is 23.7 Å². The minimum Gasteiger partial charge on any atom is -0.497 e. The highest BCUT2D eigenvalue weighted by Gasteiger charge is 2.36. The molecule has 0 fully saturated rings. The van der Waals surface area contributed by atoms with E-state index in [1.165, 1.54) is 42.3 Å². The molecule has 46 heavy (non-hydrogen) atoms. The summed E-state index contributed by atoms with van der Waals surface area (Å²) in [6, 6.07) is 15.8. The van der Waals surface area contributed by atoms with Crippen LogP contribution in [0.2, 0.25) is 0 Å². The van der Waals surface area contributed by atoms with Crippen LogP contribution in [0, 0.1) is 5.82 Å². The van der Waals surface area contributed by atoms with Crippen molar-refractivity contribution in [2.45, 2.75) is 39.3 Å². The largest absolute Gasteiger partial charge is 0.497 e. The molecule has 4 aromatic rings. The van der Waals surface area contributed by atoms with Crippen LogP contribution < -0.4 is 33.8 Å². The van der Waals surface area contributed by atoms with E-state index in [1.807, 2.05) is 13.0 Å². The highest BCUT2D eigenvalue weighted by molar-refractivity contribution is 7.07. The van der Waals surface area contributed by atoms with Gasteiger partial charge in [-0.25, -0.2) is 14.2 Å². The molecule has 0 saturated heterocycles. The number of methoxy groups -OCH3 is 3. The normalized spacial score (nSPS) is 14.4. The molecule has 0 aliphatic carbocycles. The summed E-state index contributed by atoms with van der Waals surface area (Å²) in [7, 11) is 4.62. The Morgan fingerprint density at radius 2 is 1.70 bits per heavy atom. The molecule has 0 spiro atoms. The van der Waals surface area contributed by atoms with Crippen molar-refractivity contribution >= 4 is 23.4 Å². The summed E-state index contributed by atoms with van der Waals surface area (Å²) in [5, 5.41) is 0. The first-order valence-corrected chi connectivity index (χ1v) is 15.6. The molecular weight excluding hydrogens is 611 g/mol. The lowest BCUT2D eigenvalue weighted by Gasteiger charge is -2.27. The topological polar surface area (TPSA) is 97.6 Å². The van der Waals surface area contributed by atoms with Gasteiger partial charge in [-0.3, -0.25) is 9.36 Å². The molecule has 0 bridgehead atoms. The minimum atomic E-state index is -0.860. The van der Waals surface area contributed by atoms with Gasteiger partial charge in [-0.15, -0.1) is 0 Å². The molecule has 0 saturated carbocycles. The number of hydrogen-bond acceptors (Lipinski definition) is 9. The van der Waals surface area contributed by atoms with Gasteiger partial charge in [-0.2, -0.15) is 0 Å². The average molecular weight is 647 g/mol. The number of fused-ring (bicyclic) bond motifs is 1. The zero-order valence-electron chi connectivity index (χ0n) is 26.3. The van der Waals surface area contributed by atoms with Crippen LogP contribution in [0.5, 0.6) is 23.0 Å². The zero-order valence-corrected chi connectivity index (χ0v) is 27.1. The highest BCUT2D eigenvalue weighted by atomic mass is 32.1. The van der Waals surface area contributed by atoms with Gasteiger partial charge in [0.15, 0.2) is 16.3 Å². The van der Waals surface area contributed by atoms with Gasteiger partial charge in [-0.1, -0.05) is 42.9 Å². The third-order valence-electron chi connectivity index (χ3n) is 7.42. The molecule has 5 rings (SSSR count). The quantitative estimate of drug-likeness (QED) is 0.192. The predicted octanol–water partition coefficient (Wildman–Crippen LogP) is 5.32. The number of thiazole rings is 1. The van der Waals surface area contributed by atoms with E-state index in [1.54, 1.807) is 62.6 Å². The summed E-state index contributed by atoms with van der Waals surface area (Å²) in [6.45, 7) is 4.13. The van der Waals surface area contributed by atoms with E-state index in [4.69, 9.17) is 28.7 Å². The van der Waals surface area contributed by atoms with Crippen LogP contribution in [0.15, 0.2) is 81.7 Å². The molecule has 1 aliphatic rings. The number of esters is 1. The lowest BCUT2D eigenvalue weighted by molar-refractivity contribution is -0.139. The zero-order chi connectivity index (χ0) is 32.8. The van der Waals surface area contributed by atoms with E-state index in [0.717, 1.165) is 12.0 Å². The number of aromatic nitrogens is 1. The van der Waals surface area contributed by atoms with Gasteiger partial charge >= 0.3 is 5.97 Å². The second-order valence-electron chi connectivity index (χ2n) is 10.3. The molecule has 0 radical (unpaired) electrons. The second kappa shape index (κ2) is 14.5. The number of ether oxygens (including phenoxy) is 5. The summed E-state index contributed by atoms with van der Waals surface area (Å²) in [5.41, 5.74) is 2.61. The van der Waals surface area contributed by atoms with E-state index in [0.29, 0.717) is 61.1 Å². The Balaban J connectivity index is 1.62. The number of rotatable bonds is 12. The van der Waals surface area contributed by atoms with Gasteiger partial charge in [0.25, 0.3) is 5.56 Å². The van der Waals surface area contributed by atoms with E-state index in [2.05, 4.69) is 0 Å². The van der Waals surface area contributed by atoms with Crippen molar-refractivity contribution < 1.29 is 32.9 Å². The van der Waals surface area contributed by atoms with Crippen molar-refractivity contribution in [1.29, 1.82) is 0 Å². The number of hydrogen-bond donors (Lipinski definition) is 0. The summed E-state index contributed by atoms with van der Waals surface area (Å²) < 4.78 is 43.4. The molecule has 3 aromatic carbocycles. The number of halogens is 1. The van der Waals surface area contributed by atoms with Crippen LogP contribution in [0.3, 0.4) is 0 Å². The Morgan fingerprint density at radius 1 is 0.957 bits per heavy atom. The van der Waals surface area contributed by atoms with Crippen LogP contribution in [0.25, 0.3) is 6.08 Å². The van der Waals surface area contributed by atoms with Crippen LogP contribution >= 0.6 is 11.3 Å². The van der Waals surface area contributed by atoms with Gasteiger partial charge in [-0.05, 0) is 73.0 Å². The van der Waals surface area contributed by atoms with Crippen molar-refractivity contribution in [2.75, 3.05) is 27.9 Å². The van der Waals surface area contributed by atoms with Gasteiger partial charge in [0.1, 0.15) is 30.0 Å². The standard InChI is InChI=1S/C35H35FN2O7S/c1-6-8-26-31(34(40)44-7-2)32(25-19-24(41-3)14-16-27(25)42-4)38-33(39)30(46-35(38)37-26)18-22-11-15-28(29(17-22)43-5)45-20-21-9-12-23(36)13-10-21/h9-19,32H,6-8,20H2,1-5H3/b30-18+. The molecule has 1 atom stereocenters. The molecule has 9 nitrogen and oxygen atoms in total. The smallest absolute Gasteiger partial charge is 0.338 e. The van der Waals surface area contributed by atoms with Crippen molar-refractivity contribution in [3.05, 3.63) is 114 Å². The number of allylic oxidation sites excluding steroid dienone is 1. The maximum absolute atomic E-state index is 14.2. The molecule has 0 amide bonds. The second-order valence-corrected chi connectivity index (χ2v) is 11.4. The summed E-state index contributed by atoms with van der Waals surface area (Å²) in [6.07, 6.45) is 3.00. The van der Waals surface area contributed by atoms with Crippen LogP contribution in [0.1, 0.15) is 49.4 Å². The van der Waals surface area contributed by atoms with E-state index in [-0.39, 0.29) is 24.6 Å². The number of carbonyl (C=O) groups excluding carboxylic acids is 1. The molecule has 1 aliphatic heterocycles. The highest BCUT2D eigenvalue weighted by Crippen LogP contribution is 2.39. The van der Waals surface area contributed by atoms with Gasteiger partial charge in [0.2, 0.25) is 0 Å². The van der Waals surface area contributed by atoms with Crippen molar-refractivity contribution in [3.63, 3.8) is 0 Å². The molecule has 11 heteroatoms. The van der Waals surface area contributed by atoms with Gasteiger partial charge in [0.05, 0.1) is 43.7 Å². The molecule has 1 aromatic heterocycles. The Morgan fingerprint density at radius 3 is 2.37 bits per heavy atom. The monoisotopic (exact) mass is 646 g/mol. The molecule has 240 valence electrons. The van der Waals surface area contributed by atoms with Crippen LogP contribution in [-0.2, 0) is 16.1 Å². The summed E-state index contributed by atoms with van der Waals surface area (Å²) >= 11 is 1.23. The number of carbonyl (C=O) groups is 1. The van der Waals surface area contributed by atoms with Crippen molar-refractivity contribution in [3.8, 4) is 23.0 Å². The third kappa shape index (κ3) is 6.69. The van der Waals surface area contributed by atoms with Gasteiger partial charge in [0, 0.05) is 5.56 Å². The van der Waals surface area contributed by atoms with E-state index < -0.39 is 12.0 Å². The Kier molecular flexibility index (Phi) is 10.2. The predicted molar refractivity (Wildman–Crippen MR) is 173 cm³/mol. The fourth-order valence-corrected chi connectivity index (χ4v) is 6.27. The van der Waals surface area contributed by atoms with E-state index in [9.17, 15) is 14.0 Å². The average Bonchev–Trinajstić information content (AvgIpc) is 3.37. The van der Waals surface area contributed by atoms with Crippen LogP contribution in [-0.4, -0.2) is 38.5 Å². The minimum absolute atomic E-state index is 0.166. The fourth-order valence-electron chi connectivity index (χ4n) is 5.25. The molecule has 1 unspecified atom stereocenters. The SMILES string of the molecule is CCCC1=C(C(=O)OCC)C(c2cc(OC)ccc2OC)n2c(s/c(=C/c3ccc(OCc4ccc(F)cc4)c(OC)c3)c2=O)=N1. The van der Waals surface area contributed by atoms with E-state index >= 15 is 0 Å². The van der Waals surface area contributed by atoms with Crippen LogP contribution in [0.4, 0.5) is 4.39 Å². The maximum Gasteiger partial charge on any atom is 0.338 e. The lowest BCUT2D eigenvalue weighted by atomic mass is 9.93. The Hall–Kier alpha value is -4.90. The maximum atomic E-state index is 14.2. The Labute approximate surface area is 269 Å². The van der Waals surface area contributed by atoms with Crippen molar-refractivity contribution in [1.82, 2.24) is 4.57 Å². The first-order valence-electron chi connectivity index (χ1n) is 14.8. The third-order valence-corrected chi connectivity index (χ3v) is 8.40. The van der Waals surface area contributed by atoms with Crippen molar-refractivity contribution in [2.24, 2.45) is 4.99 Å². The Bertz CT molecular complexity index is 1950. The molecular formula is C35H35FN2O7S. The lowest BCUT2D eigenvalue weighted by Crippen LogP contribution is -2.40. The first kappa shape index (κ1) is 32.5. The summed E-state index contributed by atoms with van der Waals surface area (Å²) in [4.78, 5) is 33.0. The summed E-state index contributed by atoms with van der Waals surface area (Å²) in [5.74, 6) is 1.14. The molecule has 2 heterocycles.